The van der Waals surface area contributed by atoms with Crippen LogP contribution in [0.15, 0.2) is 41.8 Å². The van der Waals surface area contributed by atoms with Crippen LogP contribution in [0.25, 0.3) is 11.3 Å². The second-order valence-corrected chi connectivity index (χ2v) is 5.79. The zero-order valence-corrected chi connectivity index (χ0v) is 13.9. The lowest BCUT2D eigenvalue weighted by Crippen LogP contribution is -1.95. The summed E-state index contributed by atoms with van der Waals surface area (Å²) in [5.74, 6) is 1.02. The van der Waals surface area contributed by atoms with Gasteiger partial charge in [0, 0.05) is 17.0 Å². The summed E-state index contributed by atoms with van der Waals surface area (Å²) in [6.07, 6.45) is 0. The molecule has 124 valence electrons. The average molecular weight is 344 g/mol. The number of phenols is 2. The lowest BCUT2D eigenvalue weighted by atomic mass is 10.1. The Balaban J connectivity index is 1.85. The Morgan fingerprint density at radius 3 is 2.54 bits per heavy atom. The summed E-state index contributed by atoms with van der Waals surface area (Å²) in [7, 11) is 3.19. The third-order valence-electron chi connectivity index (χ3n) is 3.43. The maximum absolute atomic E-state index is 9.60. The summed E-state index contributed by atoms with van der Waals surface area (Å²) in [5, 5.41) is 24.7. The number of phenolic OH excluding ortho intramolecular Hbond substituents is 2. The van der Waals surface area contributed by atoms with Crippen LogP contribution >= 0.6 is 11.3 Å². The van der Waals surface area contributed by atoms with E-state index in [4.69, 9.17) is 9.47 Å². The van der Waals surface area contributed by atoms with Gasteiger partial charge < -0.3 is 25.0 Å². The van der Waals surface area contributed by atoms with E-state index in [1.807, 2.05) is 17.5 Å². The minimum absolute atomic E-state index is 0.157. The van der Waals surface area contributed by atoms with Gasteiger partial charge in [0.25, 0.3) is 0 Å². The third kappa shape index (κ3) is 3.21. The predicted molar refractivity (Wildman–Crippen MR) is 93.7 cm³/mol. The van der Waals surface area contributed by atoms with Crippen LogP contribution in [0.1, 0.15) is 0 Å². The van der Waals surface area contributed by atoms with Crippen LogP contribution in [0.2, 0.25) is 0 Å². The summed E-state index contributed by atoms with van der Waals surface area (Å²) in [6.45, 7) is 0. The van der Waals surface area contributed by atoms with Crippen LogP contribution in [0.3, 0.4) is 0 Å². The van der Waals surface area contributed by atoms with Crippen molar-refractivity contribution in [1.29, 1.82) is 0 Å². The molecule has 0 unspecified atom stereocenters. The Kier molecular flexibility index (Phi) is 4.43. The van der Waals surface area contributed by atoms with E-state index in [0.29, 0.717) is 22.3 Å². The van der Waals surface area contributed by atoms with Gasteiger partial charge in [-0.05, 0) is 30.3 Å². The van der Waals surface area contributed by atoms with Crippen molar-refractivity contribution in [2.75, 3.05) is 19.5 Å². The SMILES string of the molecule is COc1ccc(Nc2nc(-c3ccc(O)c(O)c3)cs2)c(OC)c1. The molecule has 3 rings (SSSR count). The molecule has 0 aliphatic rings. The largest absolute Gasteiger partial charge is 0.504 e. The molecule has 0 radical (unpaired) electrons. The second kappa shape index (κ2) is 6.67. The lowest BCUT2D eigenvalue weighted by molar-refractivity contribution is 0.395. The fraction of sp³-hybridized carbons (Fsp3) is 0.118. The van der Waals surface area contributed by atoms with E-state index in [1.165, 1.54) is 23.5 Å². The summed E-state index contributed by atoms with van der Waals surface area (Å²) in [4.78, 5) is 4.49. The molecule has 0 saturated carbocycles. The Labute approximate surface area is 143 Å². The van der Waals surface area contributed by atoms with Crippen LogP contribution in [0, 0.1) is 0 Å². The van der Waals surface area contributed by atoms with Crippen molar-refractivity contribution in [2.45, 2.75) is 0 Å². The summed E-state index contributed by atoms with van der Waals surface area (Å²) in [6, 6.07) is 10.1. The smallest absolute Gasteiger partial charge is 0.187 e. The molecule has 0 fully saturated rings. The minimum atomic E-state index is -0.174. The first-order valence-corrected chi connectivity index (χ1v) is 7.95. The fourth-order valence-electron chi connectivity index (χ4n) is 2.16. The van der Waals surface area contributed by atoms with Crippen LogP contribution in [-0.4, -0.2) is 29.4 Å². The van der Waals surface area contributed by atoms with Gasteiger partial charge in [-0.1, -0.05) is 0 Å². The molecule has 0 saturated heterocycles. The molecule has 0 bridgehead atoms. The van der Waals surface area contributed by atoms with Crippen molar-refractivity contribution in [3.63, 3.8) is 0 Å². The van der Waals surface area contributed by atoms with Gasteiger partial charge in [0.2, 0.25) is 0 Å². The summed E-state index contributed by atoms with van der Waals surface area (Å²) >= 11 is 1.43. The number of anilines is 2. The van der Waals surface area contributed by atoms with Crippen molar-refractivity contribution >= 4 is 22.2 Å². The van der Waals surface area contributed by atoms with Gasteiger partial charge in [0.05, 0.1) is 25.6 Å². The topological polar surface area (TPSA) is 83.8 Å². The van der Waals surface area contributed by atoms with Gasteiger partial charge in [-0.15, -0.1) is 11.3 Å². The molecule has 3 N–H and O–H groups in total. The van der Waals surface area contributed by atoms with E-state index in [2.05, 4.69) is 10.3 Å². The molecular weight excluding hydrogens is 328 g/mol. The number of aromatic nitrogens is 1. The third-order valence-corrected chi connectivity index (χ3v) is 4.18. The number of ether oxygens (including phenoxy) is 2. The van der Waals surface area contributed by atoms with Crippen LogP contribution in [-0.2, 0) is 0 Å². The first kappa shape index (κ1) is 15.9. The molecule has 7 heteroatoms. The maximum atomic E-state index is 9.60. The molecule has 0 aliphatic carbocycles. The van der Waals surface area contributed by atoms with E-state index in [-0.39, 0.29) is 11.5 Å². The van der Waals surface area contributed by atoms with Gasteiger partial charge in [-0.2, -0.15) is 0 Å². The molecular formula is C17H16N2O4S. The summed E-state index contributed by atoms with van der Waals surface area (Å²) in [5.41, 5.74) is 2.19. The van der Waals surface area contributed by atoms with Crippen molar-refractivity contribution < 1.29 is 19.7 Å². The van der Waals surface area contributed by atoms with Crippen molar-refractivity contribution in [2.24, 2.45) is 0 Å². The Morgan fingerprint density at radius 1 is 1.00 bits per heavy atom. The first-order chi connectivity index (χ1) is 11.6. The van der Waals surface area contributed by atoms with E-state index in [0.717, 1.165) is 11.3 Å². The van der Waals surface area contributed by atoms with Crippen LogP contribution in [0.5, 0.6) is 23.0 Å². The molecule has 0 amide bonds. The molecule has 6 nitrogen and oxygen atoms in total. The highest BCUT2D eigenvalue weighted by atomic mass is 32.1. The second-order valence-electron chi connectivity index (χ2n) is 4.93. The molecule has 0 aliphatic heterocycles. The van der Waals surface area contributed by atoms with Crippen molar-refractivity contribution in [3.05, 3.63) is 41.8 Å². The number of thiazole rings is 1. The van der Waals surface area contributed by atoms with Gasteiger partial charge in [-0.3, -0.25) is 0 Å². The number of methoxy groups -OCH3 is 2. The Hall–Kier alpha value is -2.93. The highest BCUT2D eigenvalue weighted by Crippen LogP contribution is 2.35. The molecule has 1 aromatic heterocycles. The number of nitrogens with zero attached hydrogens (tertiary/aromatic N) is 1. The molecule has 0 atom stereocenters. The average Bonchev–Trinajstić information content (AvgIpc) is 3.06. The minimum Gasteiger partial charge on any atom is -0.504 e. The Bertz CT molecular complexity index is 864. The van der Waals surface area contributed by atoms with E-state index >= 15 is 0 Å². The number of rotatable bonds is 5. The standard InChI is InChI=1S/C17H16N2O4S/c1-22-11-4-5-12(16(8-11)23-2)18-17-19-13(9-24-17)10-3-6-14(20)15(21)7-10/h3-9,20-21H,1-2H3,(H,18,19). The monoisotopic (exact) mass is 344 g/mol. The zero-order chi connectivity index (χ0) is 17.1. The molecule has 3 aromatic rings. The first-order valence-electron chi connectivity index (χ1n) is 7.07. The molecule has 2 aromatic carbocycles. The number of aromatic hydroxyl groups is 2. The number of benzene rings is 2. The van der Waals surface area contributed by atoms with Gasteiger partial charge in [0.1, 0.15) is 11.5 Å². The lowest BCUT2D eigenvalue weighted by Gasteiger charge is -2.10. The van der Waals surface area contributed by atoms with E-state index < -0.39 is 0 Å². The van der Waals surface area contributed by atoms with Gasteiger partial charge in [-0.25, -0.2) is 4.98 Å². The number of hydrogen-bond acceptors (Lipinski definition) is 7. The molecule has 24 heavy (non-hydrogen) atoms. The summed E-state index contributed by atoms with van der Waals surface area (Å²) < 4.78 is 10.5. The normalized spacial score (nSPS) is 10.4. The highest BCUT2D eigenvalue weighted by Gasteiger charge is 2.10. The van der Waals surface area contributed by atoms with Crippen LogP contribution < -0.4 is 14.8 Å². The quantitative estimate of drug-likeness (QED) is 0.607. The maximum Gasteiger partial charge on any atom is 0.187 e. The van der Waals surface area contributed by atoms with E-state index in [1.54, 1.807) is 26.4 Å². The van der Waals surface area contributed by atoms with Gasteiger partial charge in [0.15, 0.2) is 16.6 Å². The Morgan fingerprint density at radius 2 is 1.83 bits per heavy atom. The van der Waals surface area contributed by atoms with Crippen LogP contribution in [0.4, 0.5) is 10.8 Å². The number of hydrogen-bond donors (Lipinski definition) is 3. The highest BCUT2D eigenvalue weighted by molar-refractivity contribution is 7.14. The van der Waals surface area contributed by atoms with Crippen molar-refractivity contribution in [3.8, 4) is 34.3 Å². The predicted octanol–water partition coefficient (Wildman–Crippen LogP) is 3.98. The fourth-order valence-corrected chi connectivity index (χ4v) is 2.90. The molecule has 0 spiro atoms. The number of nitrogens with one attached hydrogen (secondary N) is 1. The molecule has 1 heterocycles. The zero-order valence-electron chi connectivity index (χ0n) is 13.1. The van der Waals surface area contributed by atoms with Crippen molar-refractivity contribution in [1.82, 2.24) is 4.98 Å². The van der Waals surface area contributed by atoms with Gasteiger partial charge >= 0.3 is 0 Å². The van der Waals surface area contributed by atoms with E-state index in [9.17, 15) is 10.2 Å².